The smallest absolute Gasteiger partial charge is 0.244 e. The van der Waals surface area contributed by atoms with E-state index in [-0.39, 0.29) is 6.04 Å². The lowest BCUT2D eigenvalue weighted by Crippen LogP contribution is -2.39. The van der Waals surface area contributed by atoms with E-state index >= 15 is 0 Å². The van der Waals surface area contributed by atoms with Crippen molar-refractivity contribution in [1.29, 1.82) is 0 Å². The summed E-state index contributed by atoms with van der Waals surface area (Å²) >= 11 is 1.50. The van der Waals surface area contributed by atoms with E-state index in [1.165, 1.54) is 15.6 Å². The SMILES string of the molecule is Cc1cc(S(=O)(=O)N(C)C(C)CN)c(C)s1. The number of rotatable bonds is 4. The van der Waals surface area contributed by atoms with Crippen LogP contribution in [-0.2, 0) is 10.0 Å². The van der Waals surface area contributed by atoms with Gasteiger partial charge in [0.05, 0.1) is 4.90 Å². The summed E-state index contributed by atoms with van der Waals surface area (Å²) in [7, 11) is -1.83. The first-order valence-corrected chi connectivity index (χ1v) is 7.31. The molecule has 0 fully saturated rings. The molecule has 1 unspecified atom stereocenters. The van der Waals surface area contributed by atoms with Gasteiger partial charge in [-0.3, -0.25) is 0 Å². The van der Waals surface area contributed by atoms with Gasteiger partial charge in [-0.25, -0.2) is 8.42 Å². The van der Waals surface area contributed by atoms with Gasteiger partial charge in [-0.15, -0.1) is 11.3 Å². The third kappa shape index (κ3) is 2.45. The van der Waals surface area contributed by atoms with Crippen LogP contribution in [0.1, 0.15) is 16.7 Å². The Bertz CT molecular complexity index is 465. The third-order valence-electron chi connectivity index (χ3n) is 2.61. The van der Waals surface area contributed by atoms with Crippen molar-refractivity contribution in [1.82, 2.24) is 4.31 Å². The van der Waals surface area contributed by atoms with E-state index in [4.69, 9.17) is 5.73 Å². The molecule has 0 radical (unpaired) electrons. The zero-order valence-corrected chi connectivity index (χ0v) is 11.7. The minimum absolute atomic E-state index is 0.190. The highest BCUT2D eigenvalue weighted by atomic mass is 32.2. The Morgan fingerprint density at radius 3 is 2.44 bits per heavy atom. The van der Waals surface area contributed by atoms with Gasteiger partial charge in [0, 0.05) is 29.4 Å². The zero-order chi connectivity index (χ0) is 12.5. The summed E-state index contributed by atoms with van der Waals surface area (Å²) in [5.74, 6) is 0. The van der Waals surface area contributed by atoms with Crippen molar-refractivity contribution >= 4 is 21.4 Å². The zero-order valence-electron chi connectivity index (χ0n) is 10.0. The molecule has 1 aromatic rings. The maximum atomic E-state index is 12.2. The quantitative estimate of drug-likeness (QED) is 0.890. The highest BCUT2D eigenvalue weighted by Crippen LogP contribution is 2.27. The Labute approximate surface area is 101 Å². The van der Waals surface area contributed by atoms with Crippen molar-refractivity contribution in [2.45, 2.75) is 31.7 Å². The predicted molar refractivity (Wildman–Crippen MR) is 67.3 cm³/mol. The molecule has 0 saturated heterocycles. The van der Waals surface area contributed by atoms with E-state index in [1.807, 2.05) is 13.8 Å². The lowest BCUT2D eigenvalue weighted by Gasteiger charge is -2.22. The summed E-state index contributed by atoms with van der Waals surface area (Å²) in [6.45, 7) is 5.85. The van der Waals surface area contributed by atoms with E-state index in [9.17, 15) is 8.42 Å². The normalized spacial score (nSPS) is 14.4. The van der Waals surface area contributed by atoms with Gasteiger partial charge in [-0.2, -0.15) is 4.31 Å². The predicted octanol–water partition coefficient (Wildman–Crippen LogP) is 1.33. The number of nitrogens with zero attached hydrogens (tertiary/aromatic N) is 1. The van der Waals surface area contributed by atoms with E-state index in [1.54, 1.807) is 20.0 Å². The van der Waals surface area contributed by atoms with Crippen molar-refractivity contribution in [2.24, 2.45) is 5.73 Å². The molecular formula is C10H18N2O2S2. The Morgan fingerprint density at radius 1 is 1.50 bits per heavy atom. The second kappa shape index (κ2) is 4.83. The maximum Gasteiger partial charge on any atom is 0.244 e. The molecule has 1 aromatic heterocycles. The fourth-order valence-electron chi connectivity index (χ4n) is 1.40. The molecule has 0 aliphatic carbocycles. The van der Waals surface area contributed by atoms with E-state index in [0.29, 0.717) is 11.4 Å². The average Bonchev–Trinajstić information content (AvgIpc) is 2.56. The van der Waals surface area contributed by atoms with Gasteiger partial charge in [-0.1, -0.05) is 0 Å². The molecular weight excluding hydrogens is 244 g/mol. The Morgan fingerprint density at radius 2 is 2.06 bits per heavy atom. The number of hydrogen-bond acceptors (Lipinski definition) is 4. The lowest BCUT2D eigenvalue weighted by molar-refractivity contribution is 0.394. The number of nitrogens with two attached hydrogens (primary N) is 1. The van der Waals surface area contributed by atoms with E-state index in [2.05, 4.69) is 0 Å². The first kappa shape index (κ1) is 13.6. The average molecular weight is 262 g/mol. The van der Waals surface area contributed by atoms with Crippen LogP contribution in [0.3, 0.4) is 0 Å². The molecule has 0 amide bonds. The van der Waals surface area contributed by atoms with Gasteiger partial charge in [0.2, 0.25) is 10.0 Å². The minimum atomic E-state index is -3.40. The van der Waals surface area contributed by atoms with Gasteiger partial charge in [0.25, 0.3) is 0 Å². The Kier molecular flexibility index (Phi) is 4.12. The molecule has 4 nitrogen and oxygen atoms in total. The summed E-state index contributed by atoms with van der Waals surface area (Å²) in [4.78, 5) is 2.23. The second-order valence-corrected chi connectivity index (χ2v) is 7.31. The number of sulfonamides is 1. The van der Waals surface area contributed by atoms with Gasteiger partial charge in [0.1, 0.15) is 0 Å². The fourth-order valence-corrected chi connectivity index (χ4v) is 4.30. The highest BCUT2D eigenvalue weighted by Gasteiger charge is 2.27. The van der Waals surface area contributed by atoms with Gasteiger partial charge in [-0.05, 0) is 26.8 Å². The maximum absolute atomic E-state index is 12.2. The van der Waals surface area contributed by atoms with Crippen LogP contribution in [-0.4, -0.2) is 32.4 Å². The number of hydrogen-bond donors (Lipinski definition) is 1. The third-order valence-corrected chi connectivity index (χ3v) is 5.81. The molecule has 1 atom stereocenters. The Balaban J connectivity index is 3.17. The highest BCUT2D eigenvalue weighted by molar-refractivity contribution is 7.89. The standard InChI is InChI=1S/C10H18N2O2S2/c1-7(6-11)12(4)16(13,14)10-5-8(2)15-9(10)3/h5,7H,6,11H2,1-4H3. The van der Waals surface area contributed by atoms with Crippen molar-refractivity contribution in [3.05, 3.63) is 15.8 Å². The van der Waals surface area contributed by atoms with Gasteiger partial charge in [0.15, 0.2) is 0 Å². The van der Waals surface area contributed by atoms with E-state index in [0.717, 1.165) is 9.75 Å². The minimum Gasteiger partial charge on any atom is -0.329 e. The first-order valence-electron chi connectivity index (χ1n) is 5.05. The molecule has 1 heterocycles. The van der Waals surface area contributed by atoms with Crippen LogP contribution >= 0.6 is 11.3 Å². The summed E-state index contributed by atoms with van der Waals surface area (Å²) in [5, 5.41) is 0. The summed E-state index contributed by atoms with van der Waals surface area (Å²) < 4.78 is 25.8. The summed E-state index contributed by atoms with van der Waals surface area (Å²) in [6.07, 6.45) is 0. The molecule has 0 aliphatic heterocycles. The first-order chi connectivity index (χ1) is 7.30. The monoisotopic (exact) mass is 262 g/mol. The number of thiophene rings is 1. The fraction of sp³-hybridized carbons (Fsp3) is 0.600. The van der Waals surface area contributed by atoms with Crippen LogP contribution < -0.4 is 5.73 Å². The van der Waals surface area contributed by atoms with Crippen LogP contribution in [0.2, 0.25) is 0 Å². The summed E-state index contributed by atoms with van der Waals surface area (Å²) in [5.41, 5.74) is 5.49. The molecule has 6 heteroatoms. The van der Waals surface area contributed by atoms with Crippen molar-refractivity contribution < 1.29 is 8.42 Å². The van der Waals surface area contributed by atoms with Gasteiger partial charge < -0.3 is 5.73 Å². The molecule has 0 spiro atoms. The van der Waals surface area contributed by atoms with Crippen molar-refractivity contribution in [3.63, 3.8) is 0 Å². The van der Waals surface area contributed by atoms with Crippen LogP contribution in [0.5, 0.6) is 0 Å². The molecule has 0 aromatic carbocycles. The Hall–Kier alpha value is -0.430. The van der Waals surface area contributed by atoms with Gasteiger partial charge >= 0.3 is 0 Å². The molecule has 2 N–H and O–H groups in total. The molecule has 0 aliphatic rings. The topological polar surface area (TPSA) is 63.4 Å². The molecule has 92 valence electrons. The molecule has 16 heavy (non-hydrogen) atoms. The molecule has 0 saturated carbocycles. The van der Waals surface area contributed by atoms with Crippen molar-refractivity contribution in [3.8, 4) is 0 Å². The largest absolute Gasteiger partial charge is 0.329 e. The number of likely N-dealkylation sites (N-methyl/N-ethyl adjacent to an activating group) is 1. The lowest BCUT2D eigenvalue weighted by atomic mass is 10.4. The molecule has 0 bridgehead atoms. The van der Waals surface area contributed by atoms with Crippen LogP contribution in [0.4, 0.5) is 0 Å². The van der Waals surface area contributed by atoms with Crippen LogP contribution in [0, 0.1) is 13.8 Å². The summed E-state index contributed by atoms with van der Waals surface area (Å²) in [6, 6.07) is 1.53. The van der Waals surface area contributed by atoms with Crippen LogP contribution in [0.25, 0.3) is 0 Å². The van der Waals surface area contributed by atoms with E-state index < -0.39 is 10.0 Å². The molecule has 1 rings (SSSR count). The second-order valence-electron chi connectivity index (χ2n) is 3.88. The van der Waals surface area contributed by atoms with Crippen LogP contribution in [0.15, 0.2) is 11.0 Å². The number of aryl methyl sites for hydroxylation is 2. The van der Waals surface area contributed by atoms with Crippen molar-refractivity contribution in [2.75, 3.05) is 13.6 Å².